The highest BCUT2D eigenvalue weighted by Crippen LogP contribution is 2.40. The lowest BCUT2D eigenvalue weighted by Gasteiger charge is -2.27. The Kier molecular flexibility index (Phi) is 3.87. The molecule has 2 N–H and O–H groups in total. The number of rotatable bonds is 5. The molecule has 6 heteroatoms. The summed E-state index contributed by atoms with van der Waals surface area (Å²) in [6, 6.07) is 1.14. The van der Waals surface area contributed by atoms with Gasteiger partial charge in [0.15, 0.2) is 5.69 Å². The Morgan fingerprint density at radius 1 is 1.47 bits per heavy atom. The van der Waals surface area contributed by atoms with Crippen LogP contribution < -0.4 is 5.32 Å². The van der Waals surface area contributed by atoms with Gasteiger partial charge in [-0.3, -0.25) is 4.79 Å². The average Bonchev–Trinajstić information content (AvgIpc) is 3.06. The Bertz CT molecular complexity index is 475. The van der Waals surface area contributed by atoms with Gasteiger partial charge in [-0.1, -0.05) is 24.9 Å². The van der Waals surface area contributed by atoms with E-state index in [1.807, 2.05) is 0 Å². The normalized spacial score (nSPS) is 17.3. The molecule has 0 unspecified atom stereocenters. The second kappa shape index (κ2) is 5.42. The molecule has 1 fully saturated rings. The van der Waals surface area contributed by atoms with Gasteiger partial charge in [-0.2, -0.15) is 0 Å². The monoisotopic (exact) mass is 266 g/mol. The molecule has 1 aliphatic carbocycles. The molecule has 104 valence electrons. The first-order valence-corrected chi connectivity index (χ1v) is 6.54. The molecule has 1 aromatic heterocycles. The molecule has 0 aliphatic heterocycles. The van der Waals surface area contributed by atoms with Crippen molar-refractivity contribution in [3.63, 3.8) is 0 Å². The first kappa shape index (κ1) is 13.6. The molecule has 6 nitrogen and oxygen atoms in total. The van der Waals surface area contributed by atoms with Crippen molar-refractivity contribution in [2.45, 2.75) is 39.0 Å². The van der Waals surface area contributed by atoms with Gasteiger partial charge in [-0.25, -0.2) is 4.79 Å². The number of carbonyl (C=O) groups excluding carboxylic acids is 1. The van der Waals surface area contributed by atoms with Crippen molar-refractivity contribution in [1.82, 2.24) is 10.5 Å². The van der Waals surface area contributed by atoms with E-state index in [2.05, 4.69) is 21.9 Å². The number of carboxylic acids is 1. The largest absolute Gasteiger partial charge is 0.475 e. The zero-order valence-corrected chi connectivity index (χ0v) is 10.9. The summed E-state index contributed by atoms with van der Waals surface area (Å²) >= 11 is 0. The average molecular weight is 266 g/mol. The minimum Gasteiger partial charge on any atom is -0.475 e. The first-order valence-electron chi connectivity index (χ1n) is 6.54. The SMILES string of the molecule is CCC1(CNC(=O)c2cc(C(=O)O)on2)CCCC1. The molecule has 1 saturated carbocycles. The van der Waals surface area contributed by atoms with Crippen LogP contribution >= 0.6 is 0 Å². The van der Waals surface area contributed by atoms with E-state index in [0.29, 0.717) is 6.54 Å². The van der Waals surface area contributed by atoms with Crippen LogP contribution in [0.25, 0.3) is 0 Å². The van der Waals surface area contributed by atoms with Gasteiger partial charge >= 0.3 is 5.97 Å². The highest BCUT2D eigenvalue weighted by atomic mass is 16.5. The lowest BCUT2D eigenvalue weighted by atomic mass is 9.83. The van der Waals surface area contributed by atoms with E-state index in [1.165, 1.54) is 12.8 Å². The van der Waals surface area contributed by atoms with Gasteiger partial charge in [0.2, 0.25) is 5.76 Å². The lowest BCUT2D eigenvalue weighted by Crippen LogP contribution is -2.35. The number of carbonyl (C=O) groups is 2. The molecule has 0 bridgehead atoms. The van der Waals surface area contributed by atoms with Crippen molar-refractivity contribution in [1.29, 1.82) is 0 Å². The van der Waals surface area contributed by atoms with Gasteiger partial charge in [-0.15, -0.1) is 0 Å². The summed E-state index contributed by atoms with van der Waals surface area (Å²) in [7, 11) is 0. The smallest absolute Gasteiger partial charge is 0.374 e. The molecule has 0 aromatic carbocycles. The van der Waals surface area contributed by atoms with Crippen LogP contribution in [0.4, 0.5) is 0 Å². The molecule has 19 heavy (non-hydrogen) atoms. The van der Waals surface area contributed by atoms with E-state index in [4.69, 9.17) is 5.11 Å². The minimum absolute atomic E-state index is 0.0154. The van der Waals surface area contributed by atoms with Crippen LogP contribution in [0.15, 0.2) is 10.6 Å². The summed E-state index contributed by atoms with van der Waals surface area (Å²) in [5.74, 6) is -1.93. The van der Waals surface area contributed by atoms with Crippen molar-refractivity contribution >= 4 is 11.9 Å². The fourth-order valence-corrected chi connectivity index (χ4v) is 2.62. The summed E-state index contributed by atoms with van der Waals surface area (Å²) in [6.45, 7) is 2.74. The Morgan fingerprint density at radius 2 is 2.16 bits per heavy atom. The van der Waals surface area contributed by atoms with Crippen LogP contribution in [0.3, 0.4) is 0 Å². The van der Waals surface area contributed by atoms with Crippen molar-refractivity contribution in [2.75, 3.05) is 6.54 Å². The fraction of sp³-hybridized carbons (Fsp3) is 0.615. The lowest BCUT2D eigenvalue weighted by molar-refractivity contribution is 0.0651. The molecule has 0 saturated heterocycles. The molecule has 0 radical (unpaired) electrons. The maximum atomic E-state index is 11.9. The predicted molar refractivity (Wildman–Crippen MR) is 67.0 cm³/mol. The van der Waals surface area contributed by atoms with E-state index >= 15 is 0 Å². The fourth-order valence-electron chi connectivity index (χ4n) is 2.62. The number of hydrogen-bond acceptors (Lipinski definition) is 4. The number of aromatic nitrogens is 1. The zero-order chi connectivity index (χ0) is 13.9. The van der Waals surface area contributed by atoms with Crippen LogP contribution in [-0.4, -0.2) is 28.7 Å². The highest BCUT2D eigenvalue weighted by molar-refractivity contribution is 5.94. The number of amides is 1. The zero-order valence-electron chi connectivity index (χ0n) is 10.9. The summed E-state index contributed by atoms with van der Waals surface area (Å²) in [4.78, 5) is 22.5. The van der Waals surface area contributed by atoms with Crippen molar-refractivity contribution in [3.05, 3.63) is 17.5 Å². The third-order valence-corrected chi connectivity index (χ3v) is 3.99. The van der Waals surface area contributed by atoms with Crippen LogP contribution in [-0.2, 0) is 0 Å². The van der Waals surface area contributed by atoms with Gasteiger partial charge in [0, 0.05) is 12.6 Å². The number of hydrogen-bond donors (Lipinski definition) is 2. The van der Waals surface area contributed by atoms with Gasteiger partial charge in [0.05, 0.1) is 0 Å². The predicted octanol–water partition coefficient (Wildman–Crippen LogP) is 2.07. The van der Waals surface area contributed by atoms with E-state index in [0.717, 1.165) is 25.3 Å². The molecule has 1 aliphatic rings. The second-order valence-electron chi connectivity index (χ2n) is 5.12. The van der Waals surface area contributed by atoms with Crippen molar-refractivity contribution < 1.29 is 19.2 Å². The molecular formula is C13H18N2O4. The standard InChI is InChI=1S/C13H18N2O4/c1-2-13(5-3-4-6-13)8-14-11(16)9-7-10(12(17)18)19-15-9/h7H,2-6,8H2,1H3,(H,14,16)(H,17,18). The topological polar surface area (TPSA) is 92.4 Å². The van der Waals surface area contributed by atoms with Gasteiger partial charge in [0.1, 0.15) is 0 Å². The third kappa shape index (κ3) is 2.94. The maximum absolute atomic E-state index is 11.9. The molecular weight excluding hydrogens is 248 g/mol. The Morgan fingerprint density at radius 3 is 2.68 bits per heavy atom. The van der Waals surface area contributed by atoms with Gasteiger partial charge in [0.25, 0.3) is 5.91 Å². The second-order valence-corrected chi connectivity index (χ2v) is 5.12. The van der Waals surface area contributed by atoms with Gasteiger partial charge in [-0.05, 0) is 24.7 Å². The van der Waals surface area contributed by atoms with Crippen LogP contribution in [0.5, 0.6) is 0 Å². The first-order chi connectivity index (χ1) is 9.06. The summed E-state index contributed by atoms with van der Waals surface area (Å²) < 4.78 is 4.56. The van der Waals surface area contributed by atoms with Crippen LogP contribution in [0.1, 0.15) is 60.1 Å². The molecule has 0 spiro atoms. The Labute approximate surface area is 111 Å². The molecule has 1 aromatic rings. The van der Waals surface area contributed by atoms with E-state index < -0.39 is 5.97 Å². The van der Waals surface area contributed by atoms with Crippen LogP contribution in [0.2, 0.25) is 0 Å². The Hall–Kier alpha value is -1.85. The molecule has 1 amide bonds. The minimum atomic E-state index is -1.23. The maximum Gasteiger partial charge on any atom is 0.374 e. The molecule has 0 atom stereocenters. The van der Waals surface area contributed by atoms with E-state index in [1.54, 1.807) is 0 Å². The summed E-state index contributed by atoms with van der Waals surface area (Å²) in [5, 5.41) is 15.0. The number of nitrogens with zero attached hydrogens (tertiary/aromatic N) is 1. The van der Waals surface area contributed by atoms with Crippen LogP contribution in [0, 0.1) is 5.41 Å². The highest BCUT2D eigenvalue weighted by Gasteiger charge is 2.32. The third-order valence-electron chi connectivity index (χ3n) is 3.99. The number of carboxylic acid groups (broad SMARTS) is 1. The summed E-state index contributed by atoms with van der Waals surface area (Å²) in [6.07, 6.45) is 5.70. The number of aromatic carboxylic acids is 1. The molecule has 2 rings (SSSR count). The van der Waals surface area contributed by atoms with Crippen molar-refractivity contribution in [2.24, 2.45) is 5.41 Å². The van der Waals surface area contributed by atoms with Gasteiger partial charge < -0.3 is 14.9 Å². The quantitative estimate of drug-likeness (QED) is 0.851. The Balaban J connectivity index is 1.95. The van der Waals surface area contributed by atoms with E-state index in [-0.39, 0.29) is 22.8 Å². The molecule has 1 heterocycles. The van der Waals surface area contributed by atoms with Crippen molar-refractivity contribution in [3.8, 4) is 0 Å². The van der Waals surface area contributed by atoms with E-state index in [9.17, 15) is 9.59 Å². The summed E-state index contributed by atoms with van der Waals surface area (Å²) in [5.41, 5.74) is 0.205. The number of nitrogens with one attached hydrogen (secondary N) is 1.